The van der Waals surface area contributed by atoms with E-state index in [0.29, 0.717) is 0 Å². The highest BCUT2D eigenvalue weighted by atomic mass is 28.4. The first-order valence-electron chi connectivity index (χ1n) is 7.95. The Hall–Kier alpha value is -0.486. The maximum atomic E-state index is 6.49. The van der Waals surface area contributed by atoms with Crippen LogP contribution in [0.1, 0.15) is 48.0 Å². The Kier molecular flexibility index (Phi) is 4.96. The predicted octanol–water partition coefficient (Wildman–Crippen LogP) is 6.20. The van der Waals surface area contributed by atoms with E-state index >= 15 is 0 Å². The monoisotopic (exact) mass is 326 g/mol. The summed E-state index contributed by atoms with van der Waals surface area (Å²) in [6.45, 7) is 22.8. The fourth-order valence-electron chi connectivity index (χ4n) is 1.54. The molecule has 0 N–H and O–H groups in total. The molecule has 0 aromatic heterocycles. The Bertz CT molecular complexity index is 446. The average molecular weight is 327 g/mol. The summed E-state index contributed by atoms with van der Waals surface area (Å²) in [6, 6.07) is 0. The molecule has 1 aliphatic carbocycles. The van der Waals surface area contributed by atoms with Crippen LogP contribution in [0.3, 0.4) is 0 Å². The van der Waals surface area contributed by atoms with Crippen molar-refractivity contribution in [1.29, 1.82) is 0 Å². The Labute approximate surface area is 133 Å². The van der Waals surface area contributed by atoms with Gasteiger partial charge in [0, 0.05) is 6.42 Å². The highest BCUT2D eigenvalue weighted by Crippen LogP contribution is 2.42. The molecule has 0 amide bonds. The topological polar surface area (TPSA) is 18.5 Å². The molecule has 0 saturated carbocycles. The standard InChI is InChI=1S/C17H34O2Si2/c1-16(2,3)20(7,8)18-14-12-11-13-15(14)19-21(9,10)17(4,5)6/h11-12H,13H2,1-10H3. The van der Waals surface area contributed by atoms with Gasteiger partial charge in [0.15, 0.2) is 0 Å². The van der Waals surface area contributed by atoms with E-state index in [1.807, 2.05) is 0 Å². The summed E-state index contributed by atoms with van der Waals surface area (Å²) in [4.78, 5) is 0. The highest BCUT2D eigenvalue weighted by molar-refractivity contribution is 6.75. The second kappa shape index (κ2) is 5.61. The normalized spacial score (nSPS) is 17.4. The van der Waals surface area contributed by atoms with Crippen LogP contribution in [0.15, 0.2) is 23.7 Å². The van der Waals surface area contributed by atoms with Crippen LogP contribution in [0.2, 0.25) is 36.3 Å². The van der Waals surface area contributed by atoms with E-state index in [9.17, 15) is 0 Å². The third kappa shape index (κ3) is 4.25. The largest absolute Gasteiger partial charge is 0.544 e. The molecule has 0 spiro atoms. The first kappa shape index (κ1) is 18.6. The molecule has 0 heterocycles. The molecule has 0 bridgehead atoms. The molecule has 0 atom stereocenters. The molecule has 2 nitrogen and oxygen atoms in total. The van der Waals surface area contributed by atoms with E-state index in [1.165, 1.54) is 0 Å². The van der Waals surface area contributed by atoms with Gasteiger partial charge in [0.05, 0.1) is 0 Å². The van der Waals surface area contributed by atoms with Crippen molar-refractivity contribution in [2.24, 2.45) is 0 Å². The zero-order chi connectivity index (χ0) is 16.7. The van der Waals surface area contributed by atoms with Crippen LogP contribution in [0.25, 0.3) is 0 Å². The van der Waals surface area contributed by atoms with Gasteiger partial charge >= 0.3 is 0 Å². The molecule has 1 aliphatic rings. The van der Waals surface area contributed by atoms with Crippen LogP contribution in [0, 0.1) is 0 Å². The van der Waals surface area contributed by atoms with Gasteiger partial charge in [-0.1, -0.05) is 47.6 Å². The van der Waals surface area contributed by atoms with Crippen LogP contribution < -0.4 is 0 Å². The van der Waals surface area contributed by atoms with Crippen LogP contribution in [-0.2, 0) is 8.85 Å². The Morgan fingerprint density at radius 1 is 0.810 bits per heavy atom. The zero-order valence-corrected chi connectivity index (χ0v) is 17.7. The van der Waals surface area contributed by atoms with Gasteiger partial charge in [-0.3, -0.25) is 0 Å². The summed E-state index contributed by atoms with van der Waals surface area (Å²) < 4.78 is 13.0. The molecule has 122 valence electrons. The van der Waals surface area contributed by atoms with Gasteiger partial charge in [0.25, 0.3) is 8.32 Å². The maximum absolute atomic E-state index is 6.49. The summed E-state index contributed by atoms with van der Waals surface area (Å²) in [5.41, 5.74) is 0. The third-order valence-electron chi connectivity index (χ3n) is 5.20. The van der Waals surface area contributed by atoms with Crippen molar-refractivity contribution in [3.8, 4) is 0 Å². The van der Waals surface area contributed by atoms with E-state index < -0.39 is 16.6 Å². The Morgan fingerprint density at radius 3 is 1.67 bits per heavy atom. The number of hydrogen-bond acceptors (Lipinski definition) is 2. The molecule has 21 heavy (non-hydrogen) atoms. The van der Waals surface area contributed by atoms with Gasteiger partial charge < -0.3 is 8.85 Å². The summed E-state index contributed by atoms with van der Waals surface area (Å²) >= 11 is 0. The number of rotatable bonds is 4. The molecule has 0 fully saturated rings. The maximum Gasteiger partial charge on any atom is 0.250 e. The van der Waals surface area contributed by atoms with E-state index in [0.717, 1.165) is 17.9 Å². The molecule has 0 aromatic carbocycles. The van der Waals surface area contributed by atoms with Crippen molar-refractivity contribution >= 4 is 16.6 Å². The minimum Gasteiger partial charge on any atom is -0.544 e. The van der Waals surface area contributed by atoms with Crippen molar-refractivity contribution in [2.45, 2.75) is 84.2 Å². The lowest BCUT2D eigenvalue weighted by Crippen LogP contribution is -2.42. The minimum atomic E-state index is -1.81. The van der Waals surface area contributed by atoms with Crippen molar-refractivity contribution in [1.82, 2.24) is 0 Å². The van der Waals surface area contributed by atoms with E-state index in [1.54, 1.807) is 0 Å². The molecule has 0 aliphatic heterocycles. The van der Waals surface area contributed by atoms with E-state index in [4.69, 9.17) is 8.85 Å². The first-order valence-corrected chi connectivity index (χ1v) is 13.8. The molecule has 0 unspecified atom stereocenters. The summed E-state index contributed by atoms with van der Waals surface area (Å²) in [5, 5.41) is 0.420. The number of allylic oxidation sites excluding steroid dienone is 2. The molecule has 1 rings (SSSR count). The van der Waals surface area contributed by atoms with Crippen molar-refractivity contribution in [3.05, 3.63) is 23.7 Å². The van der Waals surface area contributed by atoms with E-state index in [2.05, 4.69) is 79.9 Å². The van der Waals surface area contributed by atoms with Crippen LogP contribution in [0.4, 0.5) is 0 Å². The summed E-state index contributed by atoms with van der Waals surface area (Å²) in [7, 11) is -3.60. The van der Waals surface area contributed by atoms with Gasteiger partial charge in [-0.25, -0.2) is 0 Å². The molecular formula is C17H34O2Si2. The van der Waals surface area contributed by atoms with Crippen LogP contribution in [0.5, 0.6) is 0 Å². The zero-order valence-electron chi connectivity index (χ0n) is 15.7. The van der Waals surface area contributed by atoms with Crippen molar-refractivity contribution in [3.63, 3.8) is 0 Å². The summed E-state index contributed by atoms with van der Waals surface area (Å²) in [5.74, 6) is 2.03. The van der Waals surface area contributed by atoms with Crippen LogP contribution >= 0.6 is 0 Å². The van der Waals surface area contributed by atoms with E-state index in [-0.39, 0.29) is 10.1 Å². The lowest BCUT2D eigenvalue weighted by atomic mass is 10.2. The molecule has 0 saturated heterocycles. The van der Waals surface area contributed by atoms with Crippen LogP contribution in [-0.4, -0.2) is 16.6 Å². The van der Waals surface area contributed by atoms with Gasteiger partial charge in [-0.2, -0.15) is 0 Å². The lowest BCUT2D eigenvalue weighted by Gasteiger charge is -2.39. The fraction of sp³-hybridized carbons (Fsp3) is 0.765. The average Bonchev–Trinajstić information content (AvgIpc) is 2.60. The first-order chi connectivity index (χ1) is 9.17. The Balaban J connectivity index is 2.98. The second-order valence-electron chi connectivity index (χ2n) is 9.12. The number of hydrogen-bond donors (Lipinski definition) is 0. The fourth-order valence-corrected chi connectivity index (χ4v) is 3.68. The minimum absolute atomic E-state index is 0.207. The smallest absolute Gasteiger partial charge is 0.250 e. The predicted molar refractivity (Wildman–Crippen MR) is 97.3 cm³/mol. The molecule has 0 radical (unpaired) electrons. The molecule has 4 heteroatoms. The van der Waals surface area contributed by atoms with Gasteiger partial charge in [0.1, 0.15) is 11.5 Å². The third-order valence-corrected chi connectivity index (χ3v) is 13.9. The molecule has 0 aromatic rings. The highest BCUT2D eigenvalue weighted by Gasteiger charge is 2.42. The second-order valence-corrected chi connectivity index (χ2v) is 18.6. The van der Waals surface area contributed by atoms with Gasteiger partial charge in [0.2, 0.25) is 8.32 Å². The lowest BCUT2D eigenvalue weighted by molar-refractivity contribution is 0.325. The summed E-state index contributed by atoms with van der Waals surface area (Å²) in [6.07, 6.45) is 5.13. The van der Waals surface area contributed by atoms with Crippen molar-refractivity contribution in [2.75, 3.05) is 0 Å². The quantitative estimate of drug-likeness (QED) is 0.572. The SMILES string of the molecule is CC(C)(C)[Si](C)(C)OC1=C(O[Si](C)(C)C(C)(C)C)CC=C1. The van der Waals surface area contributed by atoms with Gasteiger partial charge in [-0.15, -0.1) is 0 Å². The Morgan fingerprint density at radius 2 is 1.24 bits per heavy atom. The van der Waals surface area contributed by atoms with Gasteiger partial charge in [-0.05, 0) is 42.3 Å². The molecular weight excluding hydrogens is 292 g/mol. The van der Waals surface area contributed by atoms with Crippen molar-refractivity contribution < 1.29 is 8.85 Å².